The van der Waals surface area contributed by atoms with Gasteiger partial charge in [0, 0.05) is 10.6 Å². The molecular weight excluding hydrogens is 306 g/mol. The van der Waals surface area contributed by atoms with Gasteiger partial charge in [0.1, 0.15) is 11.7 Å². The number of hydrogen-bond donors (Lipinski definition) is 2. The maximum absolute atomic E-state index is 12.1. The Morgan fingerprint density at radius 2 is 2.05 bits per heavy atom. The summed E-state index contributed by atoms with van der Waals surface area (Å²) in [7, 11) is 0. The molecule has 4 rings (SSSR count). The third-order valence-corrected chi connectivity index (χ3v) is 3.90. The molecule has 0 amide bonds. The van der Waals surface area contributed by atoms with E-state index in [9.17, 15) is 4.79 Å². The first kappa shape index (κ1) is 13.0. The van der Waals surface area contributed by atoms with E-state index in [1.165, 1.54) is 0 Å². The summed E-state index contributed by atoms with van der Waals surface area (Å²) in [5, 5.41) is 21.7. The molecule has 1 aliphatic heterocycles. The molecule has 0 saturated carbocycles. The highest BCUT2D eigenvalue weighted by atomic mass is 35.5. The van der Waals surface area contributed by atoms with Gasteiger partial charge < -0.3 is 5.32 Å². The molecule has 0 unspecified atom stereocenters. The smallest absolute Gasteiger partial charge is 0.288 e. The van der Waals surface area contributed by atoms with E-state index in [4.69, 9.17) is 11.6 Å². The highest BCUT2D eigenvalue weighted by molar-refractivity contribution is 6.30. The number of aromatic nitrogens is 6. The van der Waals surface area contributed by atoms with Gasteiger partial charge in [-0.25, -0.2) is 5.10 Å². The largest absolute Gasteiger partial charge is 0.318 e. The van der Waals surface area contributed by atoms with Crippen molar-refractivity contribution >= 4 is 23.2 Å². The van der Waals surface area contributed by atoms with Crippen LogP contribution in [0.2, 0.25) is 5.02 Å². The fourth-order valence-electron chi connectivity index (χ4n) is 2.65. The zero-order valence-electron chi connectivity index (χ0n) is 11.4. The number of anilines is 2. The van der Waals surface area contributed by atoms with Gasteiger partial charge in [-0.3, -0.25) is 4.79 Å². The number of halogens is 1. The SMILES string of the molecule is Cc1n[nH]c(=O)c2c1[C@@H](c1ccc(Cl)cc1)n1nnnc1N2. The maximum atomic E-state index is 12.1. The van der Waals surface area contributed by atoms with Crippen LogP contribution in [0.15, 0.2) is 29.1 Å². The van der Waals surface area contributed by atoms with E-state index in [-0.39, 0.29) is 11.6 Å². The van der Waals surface area contributed by atoms with Gasteiger partial charge in [0.15, 0.2) is 0 Å². The minimum atomic E-state index is -0.340. The fraction of sp³-hybridized carbons (Fsp3) is 0.154. The van der Waals surface area contributed by atoms with Gasteiger partial charge in [0.25, 0.3) is 5.56 Å². The normalized spacial score (nSPS) is 15.8. The van der Waals surface area contributed by atoms with Gasteiger partial charge in [-0.15, -0.1) is 0 Å². The number of fused-ring (bicyclic) bond motifs is 2. The second-order valence-electron chi connectivity index (χ2n) is 4.95. The van der Waals surface area contributed by atoms with Crippen LogP contribution in [0.5, 0.6) is 0 Å². The molecule has 3 heterocycles. The summed E-state index contributed by atoms with van der Waals surface area (Å²) in [6, 6.07) is 7.01. The number of nitrogens with one attached hydrogen (secondary N) is 2. The van der Waals surface area contributed by atoms with Crippen molar-refractivity contribution in [3.05, 3.63) is 56.5 Å². The molecule has 110 valence electrons. The lowest BCUT2D eigenvalue weighted by molar-refractivity contribution is 0.562. The van der Waals surface area contributed by atoms with Crippen molar-refractivity contribution in [3.8, 4) is 0 Å². The second kappa shape index (κ2) is 4.63. The highest BCUT2D eigenvalue weighted by Crippen LogP contribution is 2.37. The lowest BCUT2D eigenvalue weighted by Gasteiger charge is -2.27. The number of nitrogens with zero attached hydrogens (tertiary/aromatic N) is 5. The van der Waals surface area contributed by atoms with Crippen LogP contribution >= 0.6 is 11.6 Å². The Balaban J connectivity index is 2.02. The number of aryl methyl sites for hydroxylation is 1. The molecule has 0 fully saturated rings. The van der Waals surface area contributed by atoms with Crippen LogP contribution in [0.1, 0.15) is 22.9 Å². The first-order valence-electron chi connectivity index (χ1n) is 6.54. The van der Waals surface area contributed by atoms with E-state index in [1.807, 2.05) is 19.1 Å². The highest BCUT2D eigenvalue weighted by Gasteiger charge is 2.32. The van der Waals surface area contributed by atoms with Crippen LogP contribution in [0, 0.1) is 6.92 Å². The molecule has 22 heavy (non-hydrogen) atoms. The van der Waals surface area contributed by atoms with E-state index in [2.05, 4.69) is 31.0 Å². The number of hydrogen-bond acceptors (Lipinski definition) is 6. The van der Waals surface area contributed by atoms with Crippen molar-refractivity contribution in [1.82, 2.24) is 30.4 Å². The van der Waals surface area contributed by atoms with Crippen LogP contribution in [-0.4, -0.2) is 30.4 Å². The summed E-state index contributed by atoms with van der Waals surface area (Å²) >= 11 is 5.96. The third-order valence-electron chi connectivity index (χ3n) is 3.64. The predicted octanol–water partition coefficient (Wildman–Crippen LogP) is 1.41. The predicted molar refractivity (Wildman–Crippen MR) is 79.4 cm³/mol. The number of rotatable bonds is 1. The Kier molecular flexibility index (Phi) is 2.73. The van der Waals surface area contributed by atoms with Crippen LogP contribution in [0.3, 0.4) is 0 Å². The van der Waals surface area contributed by atoms with Gasteiger partial charge in [-0.1, -0.05) is 28.8 Å². The molecule has 0 bridgehead atoms. The lowest BCUT2D eigenvalue weighted by atomic mass is 9.95. The molecule has 3 aromatic rings. The minimum absolute atomic E-state index is 0.311. The molecule has 1 aliphatic rings. The Bertz CT molecular complexity index is 915. The molecule has 0 radical (unpaired) electrons. The number of aromatic amines is 1. The molecule has 1 atom stereocenters. The van der Waals surface area contributed by atoms with Crippen molar-refractivity contribution in [1.29, 1.82) is 0 Å². The van der Waals surface area contributed by atoms with Gasteiger partial charge in [-0.05, 0) is 35.0 Å². The third kappa shape index (κ3) is 1.81. The Morgan fingerprint density at radius 3 is 2.82 bits per heavy atom. The van der Waals surface area contributed by atoms with Crippen molar-refractivity contribution in [2.24, 2.45) is 0 Å². The zero-order chi connectivity index (χ0) is 15.3. The van der Waals surface area contributed by atoms with Crippen molar-refractivity contribution in [3.63, 3.8) is 0 Å². The van der Waals surface area contributed by atoms with Crippen molar-refractivity contribution < 1.29 is 0 Å². The van der Waals surface area contributed by atoms with E-state index < -0.39 is 0 Å². The van der Waals surface area contributed by atoms with Crippen molar-refractivity contribution in [2.75, 3.05) is 5.32 Å². The van der Waals surface area contributed by atoms with Crippen LogP contribution in [0.25, 0.3) is 0 Å². The molecule has 1 aromatic carbocycles. The summed E-state index contributed by atoms with van der Waals surface area (Å²) in [4.78, 5) is 12.1. The lowest BCUT2D eigenvalue weighted by Crippen LogP contribution is -2.29. The van der Waals surface area contributed by atoms with Crippen molar-refractivity contribution in [2.45, 2.75) is 13.0 Å². The Labute approximate surface area is 129 Å². The average molecular weight is 316 g/mol. The Hall–Kier alpha value is -2.74. The summed E-state index contributed by atoms with van der Waals surface area (Å²) in [5.74, 6) is 0.406. The monoisotopic (exact) mass is 315 g/mol. The first-order chi connectivity index (χ1) is 10.6. The fourth-order valence-corrected chi connectivity index (χ4v) is 2.78. The second-order valence-corrected chi connectivity index (χ2v) is 5.39. The van der Waals surface area contributed by atoms with Gasteiger partial charge in [0.05, 0.1) is 5.69 Å². The first-order valence-corrected chi connectivity index (χ1v) is 6.92. The minimum Gasteiger partial charge on any atom is -0.318 e. The van der Waals surface area contributed by atoms with Gasteiger partial charge >= 0.3 is 0 Å². The zero-order valence-corrected chi connectivity index (χ0v) is 12.2. The molecule has 2 aromatic heterocycles. The van der Waals surface area contributed by atoms with Gasteiger partial charge in [-0.2, -0.15) is 9.78 Å². The summed E-state index contributed by atoms with van der Waals surface area (Å²) < 4.78 is 1.62. The summed E-state index contributed by atoms with van der Waals surface area (Å²) in [5.41, 5.74) is 2.45. The molecule has 0 spiro atoms. The topological polar surface area (TPSA) is 101 Å². The average Bonchev–Trinajstić information content (AvgIpc) is 2.98. The molecule has 2 N–H and O–H groups in total. The molecule has 0 aliphatic carbocycles. The number of H-pyrrole nitrogens is 1. The Morgan fingerprint density at radius 1 is 1.27 bits per heavy atom. The maximum Gasteiger partial charge on any atom is 0.288 e. The number of tetrazole rings is 1. The van der Waals surface area contributed by atoms with E-state index in [0.29, 0.717) is 22.4 Å². The summed E-state index contributed by atoms with van der Waals surface area (Å²) in [6.45, 7) is 1.83. The van der Waals surface area contributed by atoms with Crippen LogP contribution in [0.4, 0.5) is 11.6 Å². The standard InChI is InChI=1S/C13H10ClN7O/c1-6-9-10(12(22)17-16-6)15-13-18-19-20-21(13)11(9)7-2-4-8(14)5-3-7/h2-5,11H,1H3,(H,17,22)(H,15,18,20)/t11-/m1/s1. The van der Waals surface area contributed by atoms with Gasteiger partial charge in [0.2, 0.25) is 5.95 Å². The molecular formula is C13H10ClN7O. The quantitative estimate of drug-likeness (QED) is 0.551. The van der Waals surface area contributed by atoms with Crippen LogP contribution < -0.4 is 10.9 Å². The number of benzene rings is 1. The summed E-state index contributed by atoms with van der Waals surface area (Å²) in [6.07, 6.45) is 0. The van der Waals surface area contributed by atoms with Crippen LogP contribution in [-0.2, 0) is 0 Å². The molecule has 0 saturated heterocycles. The van der Waals surface area contributed by atoms with E-state index >= 15 is 0 Å². The van der Waals surface area contributed by atoms with E-state index in [1.54, 1.807) is 16.8 Å². The molecule has 9 heteroatoms. The molecule has 8 nitrogen and oxygen atoms in total. The van der Waals surface area contributed by atoms with E-state index in [0.717, 1.165) is 11.1 Å².